The summed E-state index contributed by atoms with van der Waals surface area (Å²) < 4.78 is 39.6. The average Bonchev–Trinajstić information content (AvgIpc) is 2.13. The second kappa shape index (κ2) is 4.01. The molecular formula is C8H4ClF3N2O2. The van der Waals surface area contributed by atoms with Gasteiger partial charge in [0.15, 0.2) is 17.5 Å². The van der Waals surface area contributed by atoms with Crippen molar-refractivity contribution in [3.8, 4) is 0 Å². The lowest BCUT2D eigenvalue weighted by atomic mass is 10.1. The van der Waals surface area contributed by atoms with Gasteiger partial charge in [0.2, 0.25) is 0 Å². The number of halogens is 4. The van der Waals surface area contributed by atoms with Gasteiger partial charge in [-0.3, -0.25) is 9.59 Å². The van der Waals surface area contributed by atoms with E-state index in [2.05, 4.69) is 11.5 Å². The van der Waals surface area contributed by atoms with E-state index < -0.39 is 45.4 Å². The van der Waals surface area contributed by atoms with E-state index in [4.69, 9.17) is 11.6 Å². The molecule has 8 heteroatoms. The van der Waals surface area contributed by atoms with E-state index >= 15 is 0 Å². The average molecular weight is 253 g/mol. The minimum absolute atomic E-state index is 1.22. The molecule has 0 aliphatic rings. The van der Waals surface area contributed by atoms with Crippen LogP contribution in [0, 0.1) is 17.5 Å². The van der Waals surface area contributed by atoms with Gasteiger partial charge in [0.1, 0.15) is 16.1 Å². The third kappa shape index (κ3) is 1.69. The SMILES string of the molecule is NC(=O)c1c(F)c(Cl)c(F)c(C(N)=O)c1F. The number of rotatable bonds is 2. The molecule has 1 aromatic rings. The van der Waals surface area contributed by atoms with Gasteiger partial charge in [0.25, 0.3) is 11.8 Å². The van der Waals surface area contributed by atoms with Crippen LogP contribution in [0.2, 0.25) is 5.02 Å². The summed E-state index contributed by atoms with van der Waals surface area (Å²) in [6.45, 7) is 0. The maximum Gasteiger partial charge on any atom is 0.254 e. The Morgan fingerprint density at radius 2 is 1.19 bits per heavy atom. The molecule has 0 radical (unpaired) electrons. The van der Waals surface area contributed by atoms with Crippen LogP contribution in [-0.4, -0.2) is 11.8 Å². The summed E-state index contributed by atoms with van der Waals surface area (Å²) in [6, 6.07) is 0. The minimum atomic E-state index is -1.76. The van der Waals surface area contributed by atoms with Crippen LogP contribution in [0.3, 0.4) is 0 Å². The lowest BCUT2D eigenvalue weighted by molar-refractivity contribution is 0.0988. The monoisotopic (exact) mass is 252 g/mol. The number of carbonyl (C=O) groups is 2. The van der Waals surface area contributed by atoms with Crippen molar-refractivity contribution >= 4 is 23.4 Å². The molecule has 0 aliphatic heterocycles. The molecule has 0 aliphatic carbocycles. The molecule has 0 saturated heterocycles. The van der Waals surface area contributed by atoms with Crippen molar-refractivity contribution in [2.45, 2.75) is 0 Å². The van der Waals surface area contributed by atoms with E-state index in [1.807, 2.05) is 0 Å². The number of hydrogen-bond donors (Lipinski definition) is 2. The van der Waals surface area contributed by atoms with Gasteiger partial charge in [-0.05, 0) is 0 Å². The highest BCUT2D eigenvalue weighted by molar-refractivity contribution is 6.31. The van der Waals surface area contributed by atoms with Crippen LogP contribution >= 0.6 is 11.6 Å². The fraction of sp³-hybridized carbons (Fsp3) is 0. The summed E-state index contributed by atoms with van der Waals surface area (Å²) in [6.07, 6.45) is 0. The largest absolute Gasteiger partial charge is 0.365 e. The van der Waals surface area contributed by atoms with Crippen LogP contribution in [0.25, 0.3) is 0 Å². The van der Waals surface area contributed by atoms with Crippen LogP contribution in [0.1, 0.15) is 20.7 Å². The second-order valence-electron chi connectivity index (χ2n) is 2.73. The number of hydrogen-bond acceptors (Lipinski definition) is 2. The van der Waals surface area contributed by atoms with Gasteiger partial charge in [-0.15, -0.1) is 0 Å². The van der Waals surface area contributed by atoms with E-state index in [9.17, 15) is 22.8 Å². The van der Waals surface area contributed by atoms with Gasteiger partial charge in [0, 0.05) is 0 Å². The minimum Gasteiger partial charge on any atom is -0.365 e. The molecule has 0 unspecified atom stereocenters. The van der Waals surface area contributed by atoms with Crippen LogP contribution in [0.4, 0.5) is 13.2 Å². The predicted octanol–water partition coefficient (Wildman–Crippen LogP) is 0.955. The fourth-order valence-electron chi connectivity index (χ4n) is 1.07. The first-order valence-electron chi connectivity index (χ1n) is 3.74. The summed E-state index contributed by atoms with van der Waals surface area (Å²) in [5, 5.41) is -1.22. The third-order valence-corrected chi connectivity index (χ3v) is 2.09. The molecule has 1 aromatic carbocycles. The molecular weight excluding hydrogens is 249 g/mol. The Morgan fingerprint density at radius 1 is 0.875 bits per heavy atom. The predicted molar refractivity (Wildman–Crippen MR) is 48.4 cm³/mol. The zero-order valence-corrected chi connectivity index (χ0v) is 8.24. The highest BCUT2D eigenvalue weighted by atomic mass is 35.5. The van der Waals surface area contributed by atoms with Gasteiger partial charge >= 0.3 is 0 Å². The zero-order chi connectivity index (χ0) is 12.6. The smallest absolute Gasteiger partial charge is 0.254 e. The van der Waals surface area contributed by atoms with Gasteiger partial charge in [-0.1, -0.05) is 11.6 Å². The molecule has 0 saturated carbocycles. The zero-order valence-electron chi connectivity index (χ0n) is 7.48. The molecule has 0 heterocycles. The van der Waals surface area contributed by atoms with Crippen molar-refractivity contribution in [3.63, 3.8) is 0 Å². The van der Waals surface area contributed by atoms with Gasteiger partial charge in [-0.2, -0.15) is 0 Å². The summed E-state index contributed by atoms with van der Waals surface area (Å²) in [4.78, 5) is 21.4. The quantitative estimate of drug-likeness (QED) is 0.607. The van der Waals surface area contributed by atoms with E-state index in [0.29, 0.717) is 0 Å². The summed E-state index contributed by atoms with van der Waals surface area (Å²) >= 11 is 5.12. The Kier molecular flexibility index (Phi) is 3.09. The Balaban J connectivity index is 3.80. The highest BCUT2D eigenvalue weighted by Crippen LogP contribution is 2.28. The Morgan fingerprint density at radius 3 is 1.44 bits per heavy atom. The number of carbonyl (C=O) groups excluding carboxylic acids is 2. The Labute approximate surface area is 92.0 Å². The van der Waals surface area contributed by atoms with Crippen molar-refractivity contribution in [3.05, 3.63) is 33.6 Å². The van der Waals surface area contributed by atoms with Crippen molar-refractivity contribution in [2.75, 3.05) is 0 Å². The molecule has 86 valence electrons. The fourth-order valence-corrected chi connectivity index (χ4v) is 1.26. The molecule has 4 N–H and O–H groups in total. The molecule has 0 spiro atoms. The van der Waals surface area contributed by atoms with E-state index in [1.165, 1.54) is 0 Å². The summed E-state index contributed by atoms with van der Waals surface area (Å²) in [7, 11) is 0. The normalized spacial score (nSPS) is 10.2. The molecule has 0 atom stereocenters. The summed E-state index contributed by atoms with van der Waals surface area (Å²) in [5.74, 6) is -8.17. The van der Waals surface area contributed by atoms with Crippen molar-refractivity contribution < 1.29 is 22.8 Å². The summed E-state index contributed by atoms with van der Waals surface area (Å²) in [5.41, 5.74) is 6.69. The number of nitrogens with two attached hydrogens (primary N) is 2. The molecule has 0 bridgehead atoms. The van der Waals surface area contributed by atoms with Crippen LogP contribution in [0.15, 0.2) is 0 Å². The lowest BCUT2D eigenvalue weighted by Crippen LogP contribution is -2.23. The standard InChI is InChI=1S/C8H4ClF3N2O2/c9-3-5(11)1(7(13)15)4(10)2(6(3)12)8(14)16/h(H2,13,15)(H2,14,16). The first kappa shape index (κ1) is 12.3. The molecule has 0 aromatic heterocycles. The number of primary amides is 2. The third-order valence-electron chi connectivity index (χ3n) is 1.76. The van der Waals surface area contributed by atoms with Crippen LogP contribution in [0.5, 0.6) is 0 Å². The Hall–Kier alpha value is -1.76. The van der Waals surface area contributed by atoms with Gasteiger partial charge in [-0.25, -0.2) is 13.2 Å². The van der Waals surface area contributed by atoms with Gasteiger partial charge in [0.05, 0.1) is 0 Å². The lowest BCUT2D eigenvalue weighted by Gasteiger charge is -2.08. The maximum atomic E-state index is 13.3. The van der Waals surface area contributed by atoms with Crippen molar-refractivity contribution in [2.24, 2.45) is 11.5 Å². The first-order valence-corrected chi connectivity index (χ1v) is 4.12. The number of amides is 2. The van der Waals surface area contributed by atoms with Crippen LogP contribution in [-0.2, 0) is 0 Å². The molecule has 0 fully saturated rings. The van der Waals surface area contributed by atoms with Gasteiger partial charge < -0.3 is 11.5 Å². The molecule has 1 rings (SSSR count). The molecule has 2 amide bonds. The first-order chi connectivity index (χ1) is 7.29. The highest BCUT2D eigenvalue weighted by Gasteiger charge is 2.29. The van der Waals surface area contributed by atoms with E-state index in [1.54, 1.807) is 0 Å². The molecule has 4 nitrogen and oxygen atoms in total. The second-order valence-corrected chi connectivity index (χ2v) is 3.11. The maximum absolute atomic E-state index is 13.3. The van der Waals surface area contributed by atoms with Crippen molar-refractivity contribution in [1.29, 1.82) is 0 Å². The van der Waals surface area contributed by atoms with Crippen molar-refractivity contribution in [1.82, 2.24) is 0 Å². The van der Waals surface area contributed by atoms with E-state index in [0.717, 1.165) is 0 Å². The topological polar surface area (TPSA) is 86.2 Å². The molecule has 16 heavy (non-hydrogen) atoms. The van der Waals surface area contributed by atoms with Crippen LogP contribution < -0.4 is 11.5 Å². The van der Waals surface area contributed by atoms with E-state index in [-0.39, 0.29) is 0 Å². The number of benzene rings is 1. The Bertz CT molecular complexity index is 464.